The lowest BCUT2D eigenvalue weighted by molar-refractivity contribution is 0.145. The maximum atomic E-state index is 9.40. The van der Waals surface area contributed by atoms with Gasteiger partial charge in [-0.1, -0.05) is 6.92 Å². The van der Waals surface area contributed by atoms with E-state index < -0.39 is 0 Å². The van der Waals surface area contributed by atoms with E-state index in [2.05, 4.69) is 21.2 Å². The maximum absolute atomic E-state index is 9.40. The van der Waals surface area contributed by atoms with Gasteiger partial charge in [0.25, 0.3) is 0 Å². The largest absolute Gasteiger partial charge is 0.393 e. The summed E-state index contributed by atoms with van der Waals surface area (Å²) in [5.41, 5.74) is 0. The Hall–Kier alpha value is -0.680. The van der Waals surface area contributed by atoms with Crippen molar-refractivity contribution in [1.29, 1.82) is 0 Å². The Kier molecular flexibility index (Phi) is 3.53. The molecular formula is C10H17N3OS. The van der Waals surface area contributed by atoms with Gasteiger partial charge in [-0.25, -0.2) is 4.98 Å². The van der Waals surface area contributed by atoms with Crippen LogP contribution in [0.5, 0.6) is 0 Å². The van der Waals surface area contributed by atoms with Crippen LogP contribution >= 0.6 is 11.5 Å². The van der Waals surface area contributed by atoms with Gasteiger partial charge in [0.2, 0.25) is 5.13 Å². The van der Waals surface area contributed by atoms with Gasteiger partial charge in [-0.2, -0.15) is 4.37 Å². The molecule has 15 heavy (non-hydrogen) atoms. The number of nitrogens with zero attached hydrogens (tertiary/aromatic N) is 3. The number of aromatic nitrogens is 2. The number of hydrogen-bond donors (Lipinski definition) is 1. The van der Waals surface area contributed by atoms with Crippen LogP contribution in [-0.2, 0) is 6.42 Å². The molecule has 1 aliphatic rings. The van der Waals surface area contributed by atoms with Crippen molar-refractivity contribution in [3.05, 3.63) is 5.82 Å². The van der Waals surface area contributed by atoms with Crippen LogP contribution in [0, 0.1) is 0 Å². The molecule has 4 nitrogen and oxygen atoms in total. The molecule has 0 radical (unpaired) electrons. The average molecular weight is 227 g/mol. The summed E-state index contributed by atoms with van der Waals surface area (Å²) < 4.78 is 4.33. The topological polar surface area (TPSA) is 49.2 Å². The molecular weight excluding hydrogens is 210 g/mol. The number of anilines is 1. The van der Waals surface area contributed by atoms with Gasteiger partial charge in [-0.15, -0.1) is 0 Å². The van der Waals surface area contributed by atoms with Crippen molar-refractivity contribution in [3.8, 4) is 0 Å². The van der Waals surface area contributed by atoms with Crippen molar-refractivity contribution in [2.45, 2.75) is 38.7 Å². The van der Waals surface area contributed by atoms with Crippen LogP contribution in [0.3, 0.4) is 0 Å². The fourth-order valence-electron chi connectivity index (χ4n) is 1.76. The van der Waals surface area contributed by atoms with E-state index in [9.17, 15) is 5.11 Å². The zero-order chi connectivity index (χ0) is 10.7. The van der Waals surface area contributed by atoms with E-state index in [1.165, 1.54) is 11.5 Å². The second kappa shape index (κ2) is 4.90. The fraction of sp³-hybridized carbons (Fsp3) is 0.800. The van der Waals surface area contributed by atoms with Gasteiger partial charge in [0.1, 0.15) is 5.82 Å². The molecule has 0 atom stereocenters. The van der Waals surface area contributed by atoms with Crippen molar-refractivity contribution in [2.24, 2.45) is 0 Å². The Bertz CT molecular complexity index is 307. The zero-order valence-electron chi connectivity index (χ0n) is 9.02. The van der Waals surface area contributed by atoms with Crippen LogP contribution in [0.15, 0.2) is 0 Å². The first kappa shape index (κ1) is 10.8. The first-order valence-corrected chi connectivity index (χ1v) is 6.32. The molecule has 1 aliphatic heterocycles. The smallest absolute Gasteiger partial charge is 0.205 e. The quantitative estimate of drug-likeness (QED) is 0.849. The highest BCUT2D eigenvalue weighted by Gasteiger charge is 2.19. The second-order valence-electron chi connectivity index (χ2n) is 3.96. The van der Waals surface area contributed by atoms with Crippen molar-refractivity contribution in [3.63, 3.8) is 0 Å². The minimum Gasteiger partial charge on any atom is -0.393 e. The Balaban J connectivity index is 1.96. The molecule has 1 fully saturated rings. The third kappa shape index (κ3) is 2.66. The van der Waals surface area contributed by atoms with E-state index in [1.54, 1.807) is 0 Å². The number of hydrogen-bond acceptors (Lipinski definition) is 5. The first-order valence-electron chi connectivity index (χ1n) is 5.55. The van der Waals surface area contributed by atoms with E-state index >= 15 is 0 Å². The molecule has 1 N–H and O–H groups in total. The fourth-order valence-corrected chi connectivity index (χ4v) is 2.52. The molecule has 5 heteroatoms. The van der Waals surface area contributed by atoms with Crippen molar-refractivity contribution in [1.82, 2.24) is 9.36 Å². The van der Waals surface area contributed by atoms with Crippen molar-refractivity contribution in [2.75, 3.05) is 18.0 Å². The second-order valence-corrected chi connectivity index (χ2v) is 4.69. The Morgan fingerprint density at radius 2 is 2.20 bits per heavy atom. The van der Waals surface area contributed by atoms with E-state index in [0.29, 0.717) is 0 Å². The lowest BCUT2D eigenvalue weighted by atomic mass is 10.1. The van der Waals surface area contributed by atoms with Crippen LogP contribution in [0.1, 0.15) is 32.0 Å². The third-order valence-corrected chi connectivity index (χ3v) is 3.48. The number of aryl methyl sites for hydroxylation is 1. The highest BCUT2D eigenvalue weighted by Crippen LogP contribution is 2.22. The standard InChI is InChI=1S/C10H17N3OS/c1-2-3-9-11-10(15-12-9)13-6-4-8(14)5-7-13/h8,14H,2-7H2,1H3. The molecule has 0 spiro atoms. The minimum atomic E-state index is -0.121. The van der Waals surface area contributed by atoms with Crippen LogP contribution in [0.25, 0.3) is 0 Å². The van der Waals surface area contributed by atoms with Crippen molar-refractivity contribution < 1.29 is 5.11 Å². The molecule has 1 aromatic heterocycles. The summed E-state index contributed by atoms with van der Waals surface area (Å²) in [5, 5.41) is 10.4. The van der Waals surface area contributed by atoms with Crippen molar-refractivity contribution >= 4 is 16.7 Å². The van der Waals surface area contributed by atoms with Gasteiger partial charge in [-0.05, 0) is 19.3 Å². The van der Waals surface area contributed by atoms with E-state index in [0.717, 1.165) is 49.7 Å². The lowest BCUT2D eigenvalue weighted by Crippen LogP contribution is -2.35. The number of piperidine rings is 1. The zero-order valence-corrected chi connectivity index (χ0v) is 9.83. The summed E-state index contributed by atoms with van der Waals surface area (Å²) in [6.45, 7) is 3.95. The number of aliphatic hydroxyl groups is 1. The highest BCUT2D eigenvalue weighted by molar-refractivity contribution is 7.09. The molecule has 1 saturated heterocycles. The van der Waals surface area contributed by atoms with E-state index in [-0.39, 0.29) is 6.10 Å². The Labute approximate surface area is 94.1 Å². The molecule has 2 heterocycles. The summed E-state index contributed by atoms with van der Waals surface area (Å²) in [5.74, 6) is 0.962. The minimum absolute atomic E-state index is 0.121. The molecule has 0 unspecified atom stereocenters. The molecule has 0 aromatic carbocycles. The van der Waals surface area contributed by atoms with Gasteiger partial charge < -0.3 is 10.0 Å². The van der Waals surface area contributed by atoms with Gasteiger partial charge >= 0.3 is 0 Å². The Morgan fingerprint density at radius 3 is 2.87 bits per heavy atom. The summed E-state index contributed by atoms with van der Waals surface area (Å²) in [4.78, 5) is 6.73. The van der Waals surface area contributed by atoms with Gasteiger partial charge in [0.15, 0.2) is 0 Å². The van der Waals surface area contributed by atoms with Crippen LogP contribution in [0.4, 0.5) is 5.13 Å². The number of aliphatic hydroxyl groups excluding tert-OH is 1. The monoisotopic (exact) mass is 227 g/mol. The predicted octanol–water partition coefficient (Wildman–Crippen LogP) is 1.45. The summed E-state index contributed by atoms with van der Waals surface area (Å²) in [6, 6.07) is 0. The van der Waals surface area contributed by atoms with Gasteiger partial charge in [-0.3, -0.25) is 0 Å². The molecule has 0 bridgehead atoms. The normalized spacial score (nSPS) is 18.4. The number of rotatable bonds is 3. The summed E-state index contributed by atoms with van der Waals surface area (Å²) in [6.07, 6.45) is 3.64. The van der Waals surface area contributed by atoms with Crippen LogP contribution < -0.4 is 4.90 Å². The average Bonchev–Trinajstić information content (AvgIpc) is 2.68. The molecule has 0 amide bonds. The first-order chi connectivity index (χ1) is 7.29. The predicted molar refractivity (Wildman–Crippen MR) is 61.4 cm³/mol. The van der Waals surface area contributed by atoms with Crippen LogP contribution in [0.2, 0.25) is 0 Å². The molecule has 1 aromatic rings. The van der Waals surface area contributed by atoms with Crippen LogP contribution in [-0.4, -0.2) is 33.7 Å². The molecule has 0 saturated carbocycles. The van der Waals surface area contributed by atoms with Gasteiger partial charge in [0, 0.05) is 31.0 Å². The maximum Gasteiger partial charge on any atom is 0.205 e. The van der Waals surface area contributed by atoms with E-state index in [4.69, 9.17) is 0 Å². The molecule has 0 aliphatic carbocycles. The van der Waals surface area contributed by atoms with E-state index in [1.807, 2.05) is 0 Å². The highest BCUT2D eigenvalue weighted by atomic mass is 32.1. The molecule has 84 valence electrons. The summed E-state index contributed by atoms with van der Waals surface area (Å²) >= 11 is 1.48. The Morgan fingerprint density at radius 1 is 1.47 bits per heavy atom. The molecule has 2 rings (SSSR count). The lowest BCUT2D eigenvalue weighted by Gasteiger charge is -2.28. The third-order valence-electron chi connectivity index (χ3n) is 2.67. The van der Waals surface area contributed by atoms with Gasteiger partial charge in [0.05, 0.1) is 6.10 Å². The summed E-state index contributed by atoms with van der Waals surface area (Å²) in [7, 11) is 0. The SMILES string of the molecule is CCCc1nsc(N2CCC(O)CC2)n1.